The monoisotopic (exact) mass is 298 g/mol. The first kappa shape index (κ1) is 14.0. The van der Waals surface area contributed by atoms with Crippen molar-refractivity contribution in [1.29, 1.82) is 0 Å². The zero-order chi connectivity index (χ0) is 15.4. The minimum atomic E-state index is -0.416. The topological polar surface area (TPSA) is 89.7 Å². The summed E-state index contributed by atoms with van der Waals surface area (Å²) in [7, 11) is 0. The van der Waals surface area contributed by atoms with Gasteiger partial charge in [0.2, 0.25) is 5.88 Å². The van der Waals surface area contributed by atoms with Gasteiger partial charge in [0.1, 0.15) is 12.4 Å². The standard InChI is InChI=1S/C15H14N4O3/c20-19(21)13-6-2-1-4-11(13)10-22-15-12(5-3-7-18-15)14-16-8-9-17-14/h1-7H,8-10H2,(H,16,17). The third-order valence-corrected chi connectivity index (χ3v) is 3.25. The van der Waals surface area contributed by atoms with Gasteiger partial charge >= 0.3 is 0 Å². The van der Waals surface area contributed by atoms with Crippen LogP contribution in [0.3, 0.4) is 0 Å². The summed E-state index contributed by atoms with van der Waals surface area (Å²) in [6.45, 7) is 1.58. The van der Waals surface area contributed by atoms with Crippen molar-refractivity contribution in [1.82, 2.24) is 10.3 Å². The molecule has 0 aliphatic carbocycles. The maximum atomic E-state index is 11.0. The Hall–Kier alpha value is -2.96. The number of nitrogens with one attached hydrogen (secondary N) is 1. The van der Waals surface area contributed by atoms with E-state index >= 15 is 0 Å². The molecule has 2 aromatic rings. The molecule has 2 heterocycles. The van der Waals surface area contributed by atoms with Gasteiger partial charge in [-0.3, -0.25) is 15.1 Å². The van der Waals surface area contributed by atoms with Gasteiger partial charge in [0.15, 0.2) is 0 Å². The van der Waals surface area contributed by atoms with Gasteiger partial charge in [0.25, 0.3) is 5.69 Å². The Morgan fingerprint density at radius 2 is 2.14 bits per heavy atom. The number of ether oxygens (including phenoxy) is 1. The highest BCUT2D eigenvalue weighted by Gasteiger charge is 2.17. The van der Waals surface area contributed by atoms with Crippen LogP contribution in [0.15, 0.2) is 47.6 Å². The second-order valence-corrected chi connectivity index (χ2v) is 4.69. The van der Waals surface area contributed by atoms with Crippen molar-refractivity contribution in [3.8, 4) is 5.88 Å². The van der Waals surface area contributed by atoms with Crippen molar-refractivity contribution in [3.63, 3.8) is 0 Å². The van der Waals surface area contributed by atoms with E-state index in [1.54, 1.807) is 30.5 Å². The number of pyridine rings is 1. The lowest BCUT2D eigenvalue weighted by Crippen LogP contribution is -2.20. The molecular weight excluding hydrogens is 284 g/mol. The van der Waals surface area contributed by atoms with Crippen LogP contribution in [0, 0.1) is 10.1 Å². The fourth-order valence-electron chi connectivity index (χ4n) is 2.22. The van der Waals surface area contributed by atoms with Crippen LogP contribution in [0.25, 0.3) is 0 Å². The molecule has 0 saturated heterocycles. The number of hydrogen-bond acceptors (Lipinski definition) is 6. The predicted octanol–water partition coefficient (Wildman–Crippen LogP) is 1.92. The summed E-state index contributed by atoms with van der Waals surface area (Å²) in [5, 5.41) is 14.2. The van der Waals surface area contributed by atoms with E-state index in [0.29, 0.717) is 18.0 Å². The van der Waals surface area contributed by atoms with E-state index in [9.17, 15) is 10.1 Å². The highest BCUT2D eigenvalue weighted by molar-refractivity contribution is 6.01. The Morgan fingerprint density at radius 3 is 2.91 bits per heavy atom. The Bertz CT molecular complexity index is 730. The Morgan fingerprint density at radius 1 is 1.27 bits per heavy atom. The van der Waals surface area contributed by atoms with Crippen molar-refractivity contribution in [2.75, 3.05) is 13.1 Å². The maximum Gasteiger partial charge on any atom is 0.276 e. The van der Waals surface area contributed by atoms with Gasteiger partial charge in [-0.1, -0.05) is 12.1 Å². The van der Waals surface area contributed by atoms with E-state index in [1.165, 1.54) is 6.07 Å². The Kier molecular flexibility index (Phi) is 3.95. The number of benzene rings is 1. The van der Waals surface area contributed by atoms with Gasteiger partial charge in [-0.05, 0) is 18.2 Å². The molecule has 1 aliphatic heterocycles. The number of aliphatic imine (C=N–C) groups is 1. The number of amidine groups is 1. The van der Waals surface area contributed by atoms with Crippen LogP contribution < -0.4 is 10.1 Å². The summed E-state index contributed by atoms with van der Waals surface area (Å²) in [4.78, 5) is 19.1. The lowest BCUT2D eigenvalue weighted by atomic mass is 10.2. The third-order valence-electron chi connectivity index (χ3n) is 3.25. The molecule has 3 rings (SSSR count). The van der Waals surface area contributed by atoms with Gasteiger partial charge in [-0.2, -0.15) is 0 Å². The highest BCUT2D eigenvalue weighted by Crippen LogP contribution is 2.22. The molecule has 1 aromatic carbocycles. The lowest BCUT2D eigenvalue weighted by Gasteiger charge is -2.10. The van der Waals surface area contributed by atoms with Crippen LogP contribution in [-0.2, 0) is 6.61 Å². The van der Waals surface area contributed by atoms with Gasteiger partial charge < -0.3 is 10.1 Å². The number of aromatic nitrogens is 1. The minimum Gasteiger partial charge on any atom is -0.472 e. The molecular formula is C15H14N4O3. The molecule has 0 atom stereocenters. The highest BCUT2D eigenvalue weighted by atomic mass is 16.6. The quantitative estimate of drug-likeness (QED) is 0.673. The molecule has 0 fully saturated rings. The van der Waals surface area contributed by atoms with E-state index in [1.807, 2.05) is 6.07 Å². The van der Waals surface area contributed by atoms with Gasteiger partial charge in [-0.15, -0.1) is 0 Å². The van der Waals surface area contributed by atoms with Crippen LogP contribution in [0.5, 0.6) is 5.88 Å². The lowest BCUT2D eigenvalue weighted by molar-refractivity contribution is -0.385. The average molecular weight is 298 g/mol. The molecule has 7 nitrogen and oxygen atoms in total. The molecule has 7 heteroatoms. The summed E-state index contributed by atoms with van der Waals surface area (Å²) in [5.74, 6) is 1.15. The maximum absolute atomic E-state index is 11.0. The molecule has 0 spiro atoms. The SMILES string of the molecule is O=[N+]([O-])c1ccccc1COc1ncccc1C1=NCCN1. The van der Waals surface area contributed by atoms with E-state index in [-0.39, 0.29) is 12.3 Å². The van der Waals surface area contributed by atoms with Crippen LogP contribution in [0.2, 0.25) is 0 Å². The van der Waals surface area contributed by atoms with Crippen LogP contribution in [-0.4, -0.2) is 28.8 Å². The first-order chi connectivity index (χ1) is 10.8. The molecule has 0 amide bonds. The third kappa shape index (κ3) is 2.88. The predicted molar refractivity (Wildman–Crippen MR) is 81.1 cm³/mol. The minimum absolute atomic E-state index is 0.0383. The zero-order valence-electron chi connectivity index (χ0n) is 11.7. The molecule has 0 unspecified atom stereocenters. The molecule has 1 N–H and O–H groups in total. The molecule has 1 aliphatic rings. The van der Waals surface area contributed by atoms with E-state index in [0.717, 1.165) is 17.9 Å². The molecule has 22 heavy (non-hydrogen) atoms. The first-order valence-corrected chi connectivity index (χ1v) is 6.84. The second kappa shape index (κ2) is 6.21. The van der Waals surface area contributed by atoms with Crippen LogP contribution in [0.4, 0.5) is 5.69 Å². The van der Waals surface area contributed by atoms with Crippen LogP contribution >= 0.6 is 0 Å². The molecule has 0 bridgehead atoms. The van der Waals surface area contributed by atoms with Crippen molar-refractivity contribution in [2.45, 2.75) is 6.61 Å². The molecule has 0 radical (unpaired) electrons. The van der Waals surface area contributed by atoms with E-state index in [4.69, 9.17) is 4.74 Å². The zero-order valence-corrected chi connectivity index (χ0v) is 11.7. The Balaban J connectivity index is 1.82. The number of nitro benzene ring substituents is 1. The fraction of sp³-hybridized carbons (Fsp3) is 0.200. The summed E-state index contributed by atoms with van der Waals surface area (Å²) < 4.78 is 5.69. The fourth-order valence-corrected chi connectivity index (χ4v) is 2.22. The largest absolute Gasteiger partial charge is 0.472 e. The molecule has 112 valence electrons. The van der Waals surface area contributed by atoms with Gasteiger partial charge in [-0.25, -0.2) is 4.98 Å². The Labute approximate surface area is 126 Å². The average Bonchev–Trinajstić information content (AvgIpc) is 3.07. The molecule has 1 aromatic heterocycles. The molecule has 0 saturated carbocycles. The van der Waals surface area contributed by atoms with E-state index < -0.39 is 4.92 Å². The smallest absolute Gasteiger partial charge is 0.276 e. The number of nitro groups is 1. The number of para-hydroxylation sites is 1. The number of hydrogen-bond donors (Lipinski definition) is 1. The van der Waals surface area contributed by atoms with Gasteiger partial charge in [0.05, 0.1) is 22.6 Å². The van der Waals surface area contributed by atoms with Gasteiger partial charge in [0, 0.05) is 18.8 Å². The van der Waals surface area contributed by atoms with Crippen molar-refractivity contribution >= 4 is 11.5 Å². The summed E-state index contributed by atoms with van der Waals surface area (Å²) in [6, 6.07) is 10.2. The van der Waals surface area contributed by atoms with Crippen molar-refractivity contribution in [2.24, 2.45) is 4.99 Å². The van der Waals surface area contributed by atoms with Crippen molar-refractivity contribution in [3.05, 3.63) is 63.8 Å². The van der Waals surface area contributed by atoms with Crippen molar-refractivity contribution < 1.29 is 9.66 Å². The number of nitrogens with zero attached hydrogens (tertiary/aromatic N) is 3. The normalized spacial score (nSPS) is 13.4. The number of rotatable bonds is 5. The second-order valence-electron chi connectivity index (χ2n) is 4.69. The first-order valence-electron chi connectivity index (χ1n) is 6.84. The summed E-state index contributed by atoms with van der Waals surface area (Å²) >= 11 is 0. The summed E-state index contributed by atoms with van der Waals surface area (Å²) in [5.41, 5.74) is 1.31. The van der Waals surface area contributed by atoms with Crippen LogP contribution in [0.1, 0.15) is 11.1 Å². The summed E-state index contributed by atoms with van der Waals surface area (Å²) in [6.07, 6.45) is 1.62. The van der Waals surface area contributed by atoms with E-state index in [2.05, 4.69) is 15.3 Å².